The number of benzene rings is 1. The quantitative estimate of drug-likeness (QED) is 0.509. The van der Waals surface area contributed by atoms with E-state index in [0.29, 0.717) is 5.56 Å². The number of hydrogen-bond donors (Lipinski definition) is 1. The zero-order valence-electron chi connectivity index (χ0n) is 8.56. The van der Waals surface area contributed by atoms with Gasteiger partial charge in [0.05, 0.1) is 5.57 Å². The number of alkyl halides is 2. The number of thiocarbonyl (C=S) groups is 1. The maximum atomic E-state index is 11.9. The van der Waals surface area contributed by atoms with Crippen LogP contribution < -0.4 is 10.5 Å². The lowest BCUT2D eigenvalue weighted by molar-refractivity contribution is -0.0498. The first kappa shape index (κ1) is 13.1. The molecule has 0 atom stereocenters. The summed E-state index contributed by atoms with van der Waals surface area (Å²) in [6.07, 6.45) is 1.47. The molecule has 0 aromatic heterocycles. The molecule has 1 rings (SSSR count). The summed E-state index contributed by atoms with van der Waals surface area (Å²) in [5.41, 5.74) is 6.08. The zero-order valence-corrected chi connectivity index (χ0v) is 9.38. The number of rotatable bonds is 4. The molecule has 88 valence electrons. The fraction of sp³-hybridized carbons (Fsp3) is 0.0909. The molecule has 0 spiro atoms. The molecule has 1 aromatic rings. The van der Waals surface area contributed by atoms with Gasteiger partial charge in [0.2, 0.25) is 0 Å². The van der Waals surface area contributed by atoms with Crippen LogP contribution >= 0.6 is 12.2 Å². The van der Waals surface area contributed by atoms with Gasteiger partial charge < -0.3 is 10.5 Å². The Morgan fingerprint density at radius 2 is 2.00 bits per heavy atom. The van der Waals surface area contributed by atoms with Crippen LogP contribution in [-0.2, 0) is 0 Å². The van der Waals surface area contributed by atoms with Gasteiger partial charge in [-0.15, -0.1) is 0 Å². The molecule has 0 amide bonds. The highest BCUT2D eigenvalue weighted by Gasteiger charge is 2.04. The third-order valence-corrected chi connectivity index (χ3v) is 2.02. The van der Waals surface area contributed by atoms with Gasteiger partial charge in [-0.05, 0) is 23.8 Å². The summed E-state index contributed by atoms with van der Waals surface area (Å²) in [6, 6.07) is 7.62. The van der Waals surface area contributed by atoms with E-state index in [1.54, 1.807) is 0 Å². The first-order valence-electron chi connectivity index (χ1n) is 4.49. The Labute approximate surface area is 102 Å². The van der Waals surface area contributed by atoms with Gasteiger partial charge in [-0.3, -0.25) is 0 Å². The van der Waals surface area contributed by atoms with E-state index in [2.05, 4.69) is 17.0 Å². The predicted octanol–water partition coefficient (Wildman–Crippen LogP) is 2.48. The molecule has 0 saturated heterocycles. The molecule has 6 heteroatoms. The van der Waals surface area contributed by atoms with Crippen molar-refractivity contribution in [1.29, 1.82) is 5.26 Å². The fourth-order valence-corrected chi connectivity index (χ4v) is 1.18. The lowest BCUT2D eigenvalue weighted by Gasteiger charge is -2.04. The van der Waals surface area contributed by atoms with Crippen LogP contribution in [0.3, 0.4) is 0 Å². The maximum Gasteiger partial charge on any atom is 0.387 e. The Morgan fingerprint density at radius 3 is 2.41 bits per heavy atom. The Balaban J connectivity index is 2.88. The molecule has 0 aliphatic heterocycles. The molecule has 2 N–H and O–H groups in total. The number of ether oxygens (including phenoxy) is 1. The molecule has 0 saturated carbocycles. The molecule has 0 unspecified atom stereocenters. The third kappa shape index (κ3) is 4.17. The van der Waals surface area contributed by atoms with Crippen LogP contribution in [0.5, 0.6) is 5.75 Å². The molecular weight excluding hydrogens is 246 g/mol. The van der Waals surface area contributed by atoms with Gasteiger partial charge >= 0.3 is 6.61 Å². The molecule has 0 bridgehead atoms. The van der Waals surface area contributed by atoms with E-state index < -0.39 is 6.61 Å². The lowest BCUT2D eigenvalue weighted by Crippen LogP contribution is -2.09. The Bertz CT molecular complexity index is 477. The van der Waals surface area contributed by atoms with Crippen LogP contribution in [-0.4, -0.2) is 11.6 Å². The minimum atomic E-state index is -2.86. The van der Waals surface area contributed by atoms with Crippen LogP contribution in [0.15, 0.2) is 29.8 Å². The van der Waals surface area contributed by atoms with E-state index in [4.69, 9.17) is 11.0 Å². The standard InChI is InChI=1S/C11H8F2N2OS/c12-11(13)16-9-3-1-7(2-4-9)5-8(6-14)10(15)17/h1-5,11H,(H2,15,17). The number of nitrogens with zero attached hydrogens (tertiary/aromatic N) is 1. The molecule has 0 aliphatic carbocycles. The van der Waals surface area contributed by atoms with Crippen molar-refractivity contribution in [3.05, 3.63) is 35.4 Å². The van der Waals surface area contributed by atoms with Gasteiger partial charge in [-0.25, -0.2) is 0 Å². The van der Waals surface area contributed by atoms with Crippen molar-refractivity contribution in [2.24, 2.45) is 5.73 Å². The van der Waals surface area contributed by atoms with E-state index in [0.717, 1.165) is 0 Å². The van der Waals surface area contributed by atoms with E-state index >= 15 is 0 Å². The number of hydrogen-bond acceptors (Lipinski definition) is 3. The normalized spacial score (nSPS) is 11.1. The molecule has 0 fully saturated rings. The lowest BCUT2D eigenvalue weighted by atomic mass is 10.1. The van der Waals surface area contributed by atoms with Gasteiger partial charge in [-0.2, -0.15) is 14.0 Å². The summed E-state index contributed by atoms with van der Waals surface area (Å²) in [4.78, 5) is -0.0135. The van der Waals surface area contributed by atoms with Crippen LogP contribution in [0, 0.1) is 11.3 Å². The van der Waals surface area contributed by atoms with Crippen molar-refractivity contribution in [2.45, 2.75) is 6.61 Å². The second kappa shape index (κ2) is 5.92. The summed E-state index contributed by atoms with van der Waals surface area (Å²) in [7, 11) is 0. The van der Waals surface area contributed by atoms with Gasteiger partial charge in [0.25, 0.3) is 0 Å². The molecule has 0 heterocycles. The Morgan fingerprint density at radius 1 is 1.41 bits per heavy atom. The predicted molar refractivity (Wildman–Crippen MR) is 63.4 cm³/mol. The summed E-state index contributed by atoms with van der Waals surface area (Å²) in [5, 5.41) is 8.72. The van der Waals surface area contributed by atoms with E-state index in [-0.39, 0.29) is 16.3 Å². The average Bonchev–Trinajstić information content (AvgIpc) is 2.26. The van der Waals surface area contributed by atoms with Gasteiger partial charge in [0, 0.05) is 0 Å². The largest absolute Gasteiger partial charge is 0.435 e. The van der Waals surface area contributed by atoms with Gasteiger partial charge in [0.1, 0.15) is 16.8 Å². The van der Waals surface area contributed by atoms with Crippen molar-refractivity contribution >= 4 is 23.3 Å². The molecular formula is C11H8F2N2OS. The van der Waals surface area contributed by atoms with Crippen molar-refractivity contribution in [3.63, 3.8) is 0 Å². The number of nitrogens with two attached hydrogens (primary N) is 1. The zero-order chi connectivity index (χ0) is 12.8. The van der Waals surface area contributed by atoms with Crippen LogP contribution in [0.25, 0.3) is 6.08 Å². The monoisotopic (exact) mass is 254 g/mol. The van der Waals surface area contributed by atoms with E-state index in [9.17, 15) is 8.78 Å². The summed E-state index contributed by atoms with van der Waals surface area (Å²) in [6.45, 7) is -2.86. The molecule has 3 nitrogen and oxygen atoms in total. The van der Waals surface area contributed by atoms with Gasteiger partial charge in [0.15, 0.2) is 0 Å². The molecule has 17 heavy (non-hydrogen) atoms. The van der Waals surface area contributed by atoms with Crippen molar-refractivity contribution in [2.75, 3.05) is 0 Å². The second-order valence-electron chi connectivity index (χ2n) is 2.98. The SMILES string of the molecule is N#CC(=Cc1ccc(OC(F)F)cc1)C(N)=S. The van der Waals surface area contributed by atoms with Crippen molar-refractivity contribution in [3.8, 4) is 11.8 Å². The second-order valence-corrected chi connectivity index (χ2v) is 3.42. The Kier molecular flexibility index (Phi) is 4.55. The topological polar surface area (TPSA) is 59.0 Å². The molecule has 0 radical (unpaired) electrons. The first-order valence-corrected chi connectivity index (χ1v) is 4.90. The average molecular weight is 254 g/mol. The third-order valence-electron chi connectivity index (χ3n) is 1.80. The molecule has 1 aromatic carbocycles. The van der Waals surface area contributed by atoms with Gasteiger partial charge in [-0.1, -0.05) is 24.4 Å². The summed E-state index contributed by atoms with van der Waals surface area (Å²) >= 11 is 4.66. The first-order chi connectivity index (χ1) is 8.02. The number of halogens is 2. The highest BCUT2D eigenvalue weighted by molar-refractivity contribution is 7.80. The van der Waals surface area contributed by atoms with Crippen molar-refractivity contribution in [1.82, 2.24) is 0 Å². The highest BCUT2D eigenvalue weighted by Crippen LogP contribution is 2.16. The van der Waals surface area contributed by atoms with Crippen molar-refractivity contribution < 1.29 is 13.5 Å². The fourth-order valence-electron chi connectivity index (χ4n) is 1.07. The van der Waals surface area contributed by atoms with Crippen LogP contribution in [0.2, 0.25) is 0 Å². The number of nitriles is 1. The van der Waals surface area contributed by atoms with Crippen LogP contribution in [0.4, 0.5) is 8.78 Å². The Hall–Kier alpha value is -2.00. The summed E-state index contributed by atoms with van der Waals surface area (Å²) < 4.78 is 27.9. The molecule has 0 aliphatic rings. The maximum absolute atomic E-state index is 11.9. The smallest absolute Gasteiger partial charge is 0.387 e. The van der Waals surface area contributed by atoms with E-state index in [1.807, 2.05) is 6.07 Å². The minimum Gasteiger partial charge on any atom is -0.435 e. The highest BCUT2D eigenvalue weighted by atomic mass is 32.1. The van der Waals surface area contributed by atoms with Crippen LogP contribution in [0.1, 0.15) is 5.56 Å². The minimum absolute atomic E-state index is 0.0135. The van der Waals surface area contributed by atoms with E-state index in [1.165, 1.54) is 30.3 Å². The summed E-state index contributed by atoms with van der Waals surface area (Å²) in [5.74, 6) is 0.0472.